The number of nitrogens with zero attached hydrogens (tertiary/aromatic N) is 1. The van der Waals surface area contributed by atoms with Crippen molar-refractivity contribution in [3.63, 3.8) is 0 Å². The molecular weight excluding hydrogens is 264 g/mol. The van der Waals surface area contributed by atoms with Crippen LogP contribution < -0.4 is 10.6 Å². The largest absolute Gasteiger partial charge is 0.465 e. The van der Waals surface area contributed by atoms with E-state index in [2.05, 4.69) is 4.90 Å². The van der Waals surface area contributed by atoms with E-state index < -0.39 is 0 Å². The third kappa shape index (κ3) is 2.71. The number of methoxy groups -OCH3 is 1. The van der Waals surface area contributed by atoms with Gasteiger partial charge in [-0.25, -0.2) is 4.79 Å². The fourth-order valence-corrected chi connectivity index (χ4v) is 3.91. The van der Waals surface area contributed by atoms with Gasteiger partial charge < -0.3 is 15.4 Å². The first kappa shape index (κ1) is 14.2. The molecule has 1 saturated heterocycles. The first-order chi connectivity index (χ1) is 10.1. The summed E-state index contributed by atoms with van der Waals surface area (Å²) >= 11 is 0. The highest BCUT2D eigenvalue weighted by molar-refractivity contribution is 5.92. The number of nitrogens with two attached hydrogens (primary N) is 1. The van der Waals surface area contributed by atoms with Gasteiger partial charge in [0, 0.05) is 13.1 Å². The maximum Gasteiger partial charge on any atom is 0.337 e. The molecule has 1 heterocycles. The molecule has 0 unspecified atom stereocenters. The number of anilines is 2. The Morgan fingerprint density at radius 3 is 2.48 bits per heavy atom. The van der Waals surface area contributed by atoms with Crippen molar-refractivity contribution in [3.05, 3.63) is 23.8 Å². The van der Waals surface area contributed by atoms with Gasteiger partial charge in [0.1, 0.15) is 0 Å². The van der Waals surface area contributed by atoms with Crippen molar-refractivity contribution in [1.29, 1.82) is 0 Å². The number of rotatable bonds is 2. The minimum Gasteiger partial charge on any atom is -0.465 e. The summed E-state index contributed by atoms with van der Waals surface area (Å²) in [5.74, 6) is -0.305. The van der Waals surface area contributed by atoms with Gasteiger partial charge in [0.25, 0.3) is 0 Å². The number of carbonyl (C=O) groups excluding carboxylic acids is 1. The van der Waals surface area contributed by atoms with Gasteiger partial charge in [0.2, 0.25) is 0 Å². The van der Waals surface area contributed by atoms with E-state index in [0.29, 0.717) is 11.0 Å². The lowest BCUT2D eigenvalue weighted by molar-refractivity contribution is 0.0601. The van der Waals surface area contributed by atoms with Gasteiger partial charge in [-0.2, -0.15) is 0 Å². The van der Waals surface area contributed by atoms with Gasteiger partial charge in [-0.1, -0.05) is 12.8 Å². The van der Waals surface area contributed by atoms with Gasteiger partial charge in [0.15, 0.2) is 0 Å². The number of esters is 1. The van der Waals surface area contributed by atoms with Crippen LogP contribution in [0.15, 0.2) is 18.2 Å². The smallest absolute Gasteiger partial charge is 0.337 e. The molecular formula is C17H24N2O2. The number of piperidine rings is 1. The molecule has 3 rings (SSSR count). The van der Waals surface area contributed by atoms with Crippen LogP contribution in [0, 0.1) is 5.41 Å². The Kier molecular flexibility index (Phi) is 3.79. The number of hydrogen-bond acceptors (Lipinski definition) is 4. The Hall–Kier alpha value is -1.71. The number of nitrogen functional groups attached to an aromatic ring is 1. The first-order valence-corrected chi connectivity index (χ1v) is 7.86. The Bertz CT molecular complexity index is 526. The summed E-state index contributed by atoms with van der Waals surface area (Å²) in [5.41, 5.74) is 8.99. The second kappa shape index (κ2) is 5.58. The van der Waals surface area contributed by atoms with Gasteiger partial charge in [0.05, 0.1) is 24.0 Å². The molecule has 2 fully saturated rings. The van der Waals surface area contributed by atoms with Crippen LogP contribution in [0.3, 0.4) is 0 Å². The van der Waals surface area contributed by atoms with Crippen molar-refractivity contribution in [3.8, 4) is 0 Å². The molecule has 4 nitrogen and oxygen atoms in total. The van der Waals surface area contributed by atoms with Crippen LogP contribution in [0.4, 0.5) is 11.4 Å². The molecule has 0 atom stereocenters. The average Bonchev–Trinajstić information content (AvgIpc) is 2.96. The van der Waals surface area contributed by atoms with E-state index in [1.54, 1.807) is 6.07 Å². The van der Waals surface area contributed by atoms with Crippen molar-refractivity contribution >= 4 is 17.3 Å². The van der Waals surface area contributed by atoms with Crippen LogP contribution in [-0.2, 0) is 4.74 Å². The topological polar surface area (TPSA) is 55.6 Å². The van der Waals surface area contributed by atoms with Crippen molar-refractivity contribution in [2.75, 3.05) is 30.8 Å². The molecule has 1 aromatic carbocycles. The zero-order valence-corrected chi connectivity index (χ0v) is 12.7. The Morgan fingerprint density at radius 1 is 1.19 bits per heavy atom. The molecule has 0 radical (unpaired) electrons. The standard InChI is InChI=1S/C17H24N2O2/c1-21-16(20)13-4-5-14(18)15(12-13)19-10-8-17(9-11-19)6-2-3-7-17/h4-5,12H,2-3,6-11,18H2,1H3. The third-order valence-corrected chi connectivity index (χ3v) is 5.28. The summed E-state index contributed by atoms with van der Waals surface area (Å²) in [7, 11) is 1.41. The lowest BCUT2D eigenvalue weighted by Gasteiger charge is -2.41. The molecule has 2 aliphatic rings. The second-order valence-electron chi connectivity index (χ2n) is 6.46. The minimum atomic E-state index is -0.305. The van der Waals surface area contributed by atoms with E-state index in [1.807, 2.05) is 12.1 Å². The van der Waals surface area contributed by atoms with Crippen LogP contribution >= 0.6 is 0 Å². The molecule has 114 valence electrons. The highest BCUT2D eigenvalue weighted by atomic mass is 16.5. The molecule has 1 aliphatic heterocycles. The summed E-state index contributed by atoms with van der Waals surface area (Å²) in [6.07, 6.45) is 8.04. The molecule has 1 aromatic rings. The van der Waals surface area contributed by atoms with E-state index in [0.717, 1.165) is 24.5 Å². The van der Waals surface area contributed by atoms with Crippen molar-refractivity contribution in [2.24, 2.45) is 5.41 Å². The molecule has 0 aromatic heterocycles. The highest BCUT2D eigenvalue weighted by Gasteiger charge is 2.37. The fraction of sp³-hybridized carbons (Fsp3) is 0.588. The molecule has 0 amide bonds. The number of carbonyl (C=O) groups is 1. The molecule has 21 heavy (non-hydrogen) atoms. The van der Waals surface area contributed by atoms with E-state index >= 15 is 0 Å². The maximum atomic E-state index is 11.7. The van der Waals surface area contributed by atoms with Crippen LogP contribution in [0.2, 0.25) is 0 Å². The molecule has 0 bridgehead atoms. The number of ether oxygens (including phenoxy) is 1. The summed E-state index contributed by atoms with van der Waals surface area (Å²) in [6, 6.07) is 5.41. The number of benzene rings is 1. The van der Waals surface area contributed by atoms with Crippen LogP contribution in [0.1, 0.15) is 48.9 Å². The predicted octanol–water partition coefficient (Wildman–Crippen LogP) is 3.22. The van der Waals surface area contributed by atoms with Gasteiger partial charge in [-0.05, 0) is 49.3 Å². The average molecular weight is 288 g/mol. The summed E-state index contributed by atoms with van der Waals surface area (Å²) in [4.78, 5) is 14.0. The molecule has 1 spiro atoms. The summed E-state index contributed by atoms with van der Waals surface area (Å²) < 4.78 is 4.80. The maximum absolute atomic E-state index is 11.7. The van der Waals surface area contributed by atoms with E-state index in [9.17, 15) is 4.79 Å². The van der Waals surface area contributed by atoms with Gasteiger partial charge in [-0.15, -0.1) is 0 Å². The Labute approximate surface area is 126 Å². The van der Waals surface area contributed by atoms with E-state index in [1.165, 1.54) is 45.6 Å². The Morgan fingerprint density at radius 2 is 1.86 bits per heavy atom. The quantitative estimate of drug-likeness (QED) is 0.670. The van der Waals surface area contributed by atoms with Crippen molar-refractivity contribution < 1.29 is 9.53 Å². The predicted molar refractivity (Wildman–Crippen MR) is 84.5 cm³/mol. The molecule has 1 saturated carbocycles. The summed E-state index contributed by atoms with van der Waals surface area (Å²) in [5, 5.41) is 0. The number of hydrogen-bond donors (Lipinski definition) is 1. The van der Waals surface area contributed by atoms with Crippen molar-refractivity contribution in [2.45, 2.75) is 38.5 Å². The lowest BCUT2D eigenvalue weighted by atomic mass is 9.77. The first-order valence-electron chi connectivity index (χ1n) is 7.86. The normalized spacial score (nSPS) is 20.7. The molecule has 1 aliphatic carbocycles. The molecule has 2 N–H and O–H groups in total. The van der Waals surface area contributed by atoms with Crippen LogP contribution in [0.5, 0.6) is 0 Å². The SMILES string of the molecule is COC(=O)c1ccc(N)c(N2CCC3(CCCC3)CC2)c1. The second-order valence-corrected chi connectivity index (χ2v) is 6.46. The monoisotopic (exact) mass is 288 g/mol. The summed E-state index contributed by atoms with van der Waals surface area (Å²) in [6.45, 7) is 2.07. The van der Waals surface area contributed by atoms with Gasteiger partial charge >= 0.3 is 5.97 Å². The molecule has 4 heteroatoms. The zero-order valence-electron chi connectivity index (χ0n) is 12.7. The zero-order chi connectivity index (χ0) is 14.9. The minimum absolute atomic E-state index is 0.305. The van der Waals surface area contributed by atoms with Crippen LogP contribution in [0.25, 0.3) is 0 Å². The Balaban J connectivity index is 1.76. The third-order valence-electron chi connectivity index (χ3n) is 5.28. The van der Waals surface area contributed by atoms with Crippen molar-refractivity contribution in [1.82, 2.24) is 0 Å². The lowest BCUT2D eigenvalue weighted by Crippen LogP contribution is -2.39. The van der Waals surface area contributed by atoms with Crippen LogP contribution in [-0.4, -0.2) is 26.2 Å². The fourth-order valence-electron chi connectivity index (χ4n) is 3.91. The highest BCUT2D eigenvalue weighted by Crippen LogP contribution is 2.47. The van der Waals surface area contributed by atoms with Gasteiger partial charge in [-0.3, -0.25) is 0 Å². The van der Waals surface area contributed by atoms with E-state index in [-0.39, 0.29) is 5.97 Å². The van der Waals surface area contributed by atoms with E-state index in [4.69, 9.17) is 10.5 Å².